The SMILES string of the molecule is CC[C@@H](C)c1ccc(N2C(=O)NC(=O)/C(=C\c3cc(C)n(-c4ccc5ccccc5c4)c3C)C2=O)cc1. The maximum atomic E-state index is 13.4. The summed E-state index contributed by atoms with van der Waals surface area (Å²) in [5, 5.41) is 4.60. The highest BCUT2D eigenvalue weighted by molar-refractivity contribution is 6.39. The van der Waals surface area contributed by atoms with Gasteiger partial charge in [0.05, 0.1) is 5.69 Å². The number of rotatable bonds is 5. The minimum atomic E-state index is -0.745. The lowest BCUT2D eigenvalue weighted by atomic mass is 9.98. The van der Waals surface area contributed by atoms with E-state index in [1.54, 1.807) is 18.2 Å². The third kappa shape index (κ3) is 4.35. The van der Waals surface area contributed by atoms with Crippen LogP contribution >= 0.6 is 0 Å². The van der Waals surface area contributed by atoms with Crippen LogP contribution in [0.4, 0.5) is 10.5 Å². The first-order valence-corrected chi connectivity index (χ1v) is 12.5. The van der Waals surface area contributed by atoms with E-state index in [0.29, 0.717) is 11.6 Å². The maximum Gasteiger partial charge on any atom is 0.335 e. The number of aromatic nitrogens is 1. The van der Waals surface area contributed by atoms with Crippen molar-refractivity contribution in [3.05, 3.63) is 101 Å². The first-order valence-electron chi connectivity index (χ1n) is 12.5. The predicted octanol–water partition coefficient (Wildman–Crippen LogP) is 6.43. The summed E-state index contributed by atoms with van der Waals surface area (Å²) in [6.07, 6.45) is 2.56. The molecule has 5 rings (SSSR count). The number of fused-ring (bicyclic) bond motifs is 1. The lowest BCUT2D eigenvalue weighted by molar-refractivity contribution is -0.122. The number of carbonyl (C=O) groups is 3. The topological polar surface area (TPSA) is 71.4 Å². The van der Waals surface area contributed by atoms with Gasteiger partial charge in [0, 0.05) is 17.1 Å². The number of imide groups is 2. The molecule has 0 radical (unpaired) electrons. The fourth-order valence-electron chi connectivity index (χ4n) is 4.88. The smallest absolute Gasteiger partial charge is 0.318 e. The van der Waals surface area contributed by atoms with Crippen molar-refractivity contribution >= 4 is 40.4 Å². The van der Waals surface area contributed by atoms with E-state index < -0.39 is 17.8 Å². The van der Waals surface area contributed by atoms with Gasteiger partial charge < -0.3 is 4.57 Å². The molecule has 1 saturated heterocycles. The zero-order valence-electron chi connectivity index (χ0n) is 21.4. The molecule has 4 aromatic rings. The highest BCUT2D eigenvalue weighted by atomic mass is 16.2. The molecule has 1 atom stereocenters. The Balaban J connectivity index is 1.51. The van der Waals surface area contributed by atoms with Gasteiger partial charge in [-0.2, -0.15) is 0 Å². The molecule has 0 unspecified atom stereocenters. The van der Waals surface area contributed by atoms with Crippen LogP contribution in [0.3, 0.4) is 0 Å². The van der Waals surface area contributed by atoms with Gasteiger partial charge in [0.15, 0.2) is 0 Å². The van der Waals surface area contributed by atoms with E-state index in [-0.39, 0.29) is 5.57 Å². The molecular weight excluding hydrogens is 462 g/mol. The molecule has 186 valence electrons. The number of anilines is 1. The number of aryl methyl sites for hydroxylation is 1. The van der Waals surface area contributed by atoms with Crippen molar-refractivity contribution in [2.45, 2.75) is 40.0 Å². The fraction of sp³-hybridized carbons (Fsp3) is 0.194. The van der Waals surface area contributed by atoms with Crippen LogP contribution in [-0.4, -0.2) is 22.4 Å². The molecule has 1 aromatic heterocycles. The van der Waals surface area contributed by atoms with E-state index in [9.17, 15) is 14.4 Å². The van der Waals surface area contributed by atoms with Gasteiger partial charge >= 0.3 is 6.03 Å². The van der Waals surface area contributed by atoms with Gasteiger partial charge in [-0.05, 0) is 84.5 Å². The van der Waals surface area contributed by atoms with Gasteiger partial charge in [-0.15, -0.1) is 0 Å². The monoisotopic (exact) mass is 491 g/mol. The summed E-state index contributed by atoms with van der Waals surface area (Å²) in [6.45, 7) is 8.18. The highest BCUT2D eigenvalue weighted by Gasteiger charge is 2.37. The van der Waals surface area contributed by atoms with Gasteiger partial charge in [-0.1, -0.05) is 56.3 Å². The number of nitrogens with zero attached hydrogens (tertiary/aromatic N) is 2. The number of hydrogen-bond donors (Lipinski definition) is 1. The number of amides is 4. The molecule has 1 fully saturated rings. The van der Waals surface area contributed by atoms with Crippen molar-refractivity contribution in [1.29, 1.82) is 0 Å². The van der Waals surface area contributed by atoms with E-state index in [4.69, 9.17) is 0 Å². The van der Waals surface area contributed by atoms with Crippen LogP contribution in [0.2, 0.25) is 0 Å². The maximum absolute atomic E-state index is 13.4. The molecule has 0 spiro atoms. The molecule has 1 aliphatic heterocycles. The van der Waals surface area contributed by atoms with Crippen LogP contribution in [-0.2, 0) is 9.59 Å². The van der Waals surface area contributed by atoms with Gasteiger partial charge in [0.25, 0.3) is 11.8 Å². The molecule has 1 N–H and O–H groups in total. The average Bonchev–Trinajstić information content (AvgIpc) is 3.18. The molecule has 0 saturated carbocycles. The van der Waals surface area contributed by atoms with Gasteiger partial charge in [0.1, 0.15) is 5.57 Å². The van der Waals surface area contributed by atoms with Crippen molar-refractivity contribution in [1.82, 2.24) is 9.88 Å². The first-order chi connectivity index (χ1) is 17.8. The number of barbiturate groups is 1. The largest absolute Gasteiger partial charge is 0.335 e. The summed E-state index contributed by atoms with van der Waals surface area (Å²) in [4.78, 5) is 39.8. The summed E-state index contributed by atoms with van der Waals surface area (Å²) in [7, 11) is 0. The first kappa shape index (κ1) is 24.3. The van der Waals surface area contributed by atoms with Crippen molar-refractivity contribution < 1.29 is 14.4 Å². The third-order valence-electron chi connectivity index (χ3n) is 7.20. The zero-order chi connectivity index (χ0) is 26.3. The number of benzene rings is 3. The zero-order valence-corrected chi connectivity index (χ0v) is 21.4. The summed E-state index contributed by atoms with van der Waals surface area (Å²) in [5.74, 6) is -0.964. The molecule has 1 aliphatic rings. The second kappa shape index (κ2) is 9.54. The van der Waals surface area contributed by atoms with Crippen LogP contribution in [0.5, 0.6) is 0 Å². The molecular formula is C31H29N3O3. The Morgan fingerprint density at radius 3 is 2.24 bits per heavy atom. The molecule has 3 aromatic carbocycles. The van der Waals surface area contributed by atoms with Crippen LogP contribution < -0.4 is 10.2 Å². The summed E-state index contributed by atoms with van der Waals surface area (Å²) in [5.41, 5.74) is 5.07. The molecule has 37 heavy (non-hydrogen) atoms. The Hall–Kier alpha value is -4.45. The molecule has 0 aliphatic carbocycles. The van der Waals surface area contributed by atoms with Gasteiger partial charge in [0.2, 0.25) is 0 Å². The van der Waals surface area contributed by atoms with Crippen molar-refractivity contribution in [2.24, 2.45) is 0 Å². The van der Waals surface area contributed by atoms with Crippen LogP contribution in [0.25, 0.3) is 22.5 Å². The Kier molecular flexibility index (Phi) is 6.25. The van der Waals surface area contributed by atoms with Crippen LogP contribution in [0.15, 0.2) is 78.4 Å². The number of carbonyl (C=O) groups excluding carboxylic acids is 3. The van der Waals surface area contributed by atoms with Crippen LogP contribution in [0, 0.1) is 13.8 Å². The minimum Gasteiger partial charge on any atom is -0.318 e. The third-order valence-corrected chi connectivity index (χ3v) is 7.20. The normalized spacial score (nSPS) is 15.9. The van der Waals surface area contributed by atoms with E-state index in [0.717, 1.165) is 50.3 Å². The van der Waals surface area contributed by atoms with E-state index >= 15 is 0 Å². The van der Waals surface area contributed by atoms with E-state index in [1.165, 1.54) is 0 Å². The van der Waals surface area contributed by atoms with Crippen LogP contribution in [0.1, 0.15) is 48.7 Å². The Morgan fingerprint density at radius 2 is 1.54 bits per heavy atom. The molecule has 4 amide bonds. The Bertz CT molecular complexity index is 1580. The van der Waals surface area contributed by atoms with Crippen molar-refractivity contribution in [3.63, 3.8) is 0 Å². The fourth-order valence-corrected chi connectivity index (χ4v) is 4.88. The second-order valence-electron chi connectivity index (χ2n) is 9.55. The summed E-state index contributed by atoms with van der Waals surface area (Å²) in [6, 6.07) is 23.0. The number of urea groups is 1. The van der Waals surface area contributed by atoms with Crippen molar-refractivity contribution in [3.8, 4) is 5.69 Å². The molecule has 6 heteroatoms. The number of nitrogens with one attached hydrogen (secondary N) is 1. The molecule has 2 heterocycles. The second-order valence-corrected chi connectivity index (χ2v) is 9.55. The molecule has 6 nitrogen and oxygen atoms in total. The summed E-state index contributed by atoms with van der Waals surface area (Å²) < 4.78 is 2.10. The van der Waals surface area contributed by atoms with Gasteiger partial charge in [-0.25, -0.2) is 9.69 Å². The lowest BCUT2D eigenvalue weighted by Gasteiger charge is -2.26. The minimum absolute atomic E-state index is 0.0793. The summed E-state index contributed by atoms with van der Waals surface area (Å²) >= 11 is 0. The lowest BCUT2D eigenvalue weighted by Crippen LogP contribution is -2.54. The highest BCUT2D eigenvalue weighted by Crippen LogP contribution is 2.28. The van der Waals surface area contributed by atoms with Crippen molar-refractivity contribution in [2.75, 3.05) is 4.90 Å². The van der Waals surface area contributed by atoms with Gasteiger partial charge in [-0.3, -0.25) is 14.9 Å². The predicted molar refractivity (Wildman–Crippen MR) is 147 cm³/mol. The Morgan fingerprint density at radius 1 is 0.865 bits per heavy atom. The number of hydrogen-bond acceptors (Lipinski definition) is 3. The van der Waals surface area contributed by atoms with E-state index in [2.05, 4.69) is 54.1 Å². The average molecular weight is 492 g/mol. The standard InChI is InChI=1S/C31H29N3O3/c1-5-19(2)22-10-13-26(14-11-22)34-30(36)28(29(35)32-31(34)37)18-25-16-20(3)33(21(25)4)27-15-12-23-8-6-7-9-24(23)17-27/h6-19H,5H2,1-4H3,(H,32,35,37)/b28-18+/t19-/m1/s1. The van der Waals surface area contributed by atoms with E-state index in [1.807, 2.05) is 44.2 Å². The quantitative estimate of drug-likeness (QED) is 0.258. The molecule has 0 bridgehead atoms. The Labute approximate surface area is 216 Å².